The highest BCUT2D eigenvalue weighted by molar-refractivity contribution is 6.18. The van der Waals surface area contributed by atoms with Gasteiger partial charge in [0, 0.05) is 28.9 Å². The number of rotatable bonds is 2. The van der Waals surface area contributed by atoms with Gasteiger partial charge in [0.25, 0.3) is 0 Å². The molecule has 0 fully saturated rings. The summed E-state index contributed by atoms with van der Waals surface area (Å²) in [5.74, 6) is -0.119. The largest absolute Gasteiger partial charge is 0.508 e. The van der Waals surface area contributed by atoms with E-state index in [-0.39, 0.29) is 35.4 Å². The average Bonchev–Trinajstić information content (AvgIpc) is 2.58. The normalized spacial score (nSPS) is 11.3. The van der Waals surface area contributed by atoms with Crippen LogP contribution in [0.25, 0.3) is 32.7 Å². The summed E-state index contributed by atoms with van der Waals surface area (Å²) >= 11 is 0. The van der Waals surface area contributed by atoms with Crippen LogP contribution in [0.15, 0.2) is 45.7 Å². The third kappa shape index (κ3) is 1.92. The maximum atomic E-state index is 12.3. The van der Waals surface area contributed by atoms with E-state index in [2.05, 4.69) is 0 Å². The number of benzene rings is 2. The van der Waals surface area contributed by atoms with Gasteiger partial charge < -0.3 is 19.2 Å². The minimum atomic E-state index is -0.328. The van der Waals surface area contributed by atoms with Crippen molar-refractivity contribution in [3.05, 3.63) is 46.8 Å². The first kappa shape index (κ1) is 14.2. The van der Waals surface area contributed by atoms with Crippen LogP contribution in [0.2, 0.25) is 0 Å². The Hall–Kier alpha value is -3.46. The first-order valence-electron chi connectivity index (χ1n) is 7.37. The number of aryl methyl sites for hydroxylation is 1. The molecule has 0 saturated heterocycles. The lowest BCUT2D eigenvalue weighted by molar-refractivity contribution is 0.420. The van der Waals surface area contributed by atoms with Crippen LogP contribution in [0.1, 0.15) is 6.42 Å². The zero-order chi connectivity index (χ0) is 16.8. The molecule has 2 aromatic carbocycles. The molecule has 24 heavy (non-hydrogen) atoms. The Balaban J connectivity index is 2.27. The number of hydrogen-bond donors (Lipinski definition) is 2. The molecule has 2 N–H and O–H groups in total. The molecule has 0 unspecified atom stereocenters. The molecule has 6 heteroatoms. The highest BCUT2D eigenvalue weighted by atomic mass is 16.3. The molecule has 0 spiro atoms. The van der Waals surface area contributed by atoms with Crippen molar-refractivity contribution in [2.75, 3.05) is 0 Å². The van der Waals surface area contributed by atoms with E-state index in [1.165, 1.54) is 16.7 Å². The van der Waals surface area contributed by atoms with Crippen molar-refractivity contribution in [2.45, 2.75) is 13.0 Å². The molecule has 0 amide bonds. The summed E-state index contributed by atoms with van der Waals surface area (Å²) in [7, 11) is 0. The fourth-order valence-corrected chi connectivity index (χ4v) is 3.05. The first-order chi connectivity index (χ1) is 11.6. The van der Waals surface area contributed by atoms with E-state index in [9.17, 15) is 15.0 Å². The predicted octanol–water partition coefficient (Wildman–Crippen LogP) is 3.23. The second-order valence-corrected chi connectivity index (χ2v) is 5.56. The number of aromatic hydroxyl groups is 2. The van der Waals surface area contributed by atoms with Gasteiger partial charge >= 0.3 is 0 Å². The van der Waals surface area contributed by atoms with Gasteiger partial charge in [0.2, 0.25) is 5.88 Å². The number of nitriles is 1. The lowest BCUT2D eigenvalue weighted by Crippen LogP contribution is -2.07. The Morgan fingerprint density at radius 1 is 1.08 bits per heavy atom. The van der Waals surface area contributed by atoms with Gasteiger partial charge in [0.15, 0.2) is 5.43 Å². The van der Waals surface area contributed by atoms with Crippen LogP contribution in [0.4, 0.5) is 0 Å². The number of phenols is 1. The fraction of sp³-hybridized carbons (Fsp3) is 0.111. The van der Waals surface area contributed by atoms with Crippen molar-refractivity contribution < 1.29 is 14.6 Å². The quantitative estimate of drug-likeness (QED) is 0.436. The van der Waals surface area contributed by atoms with Crippen LogP contribution in [-0.4, -0.2) is 14.8 Å². The minimum absolute atomic E-state index is 0.0730. The van der Waals surface area contributed by atoms with Crippen LogP contribution in [0.3, 0.4) is 0 Å². The molecule has 4 aromatic rings. The molecule has 0 bridgehead atoms. The van der Waals surface area contributed by atoms with Crippen molar-refractivity contribution in [3.8, 4) is 17.7 Å². The monoisotopic (exact) mass is 320 g/mol. The second-order valence-electron chi connectivity index (χ2n) is 5.56. The van der Waals surface area contributed by atoms with E-state index in [0.29, 0.717) is 27.3 Å². The molecule has 6 nitrogen and oxygen atoms in total. The summed E-state index contributed by atoms with van der Waals surface area (Å²) in [5, 5.41) is 31.0. The maximum absolute atomic E-state index is 12.3. The Bertz CT molecular complexity index is 1210. The topological polar surface area (TPSA) is 99.4 Å². The number of aromatic nitrogens is 1. The molecule has 0 atom stereocenters. The molecule has 0 aliphatic carbocycles. The van der Waals surface area contributed by atoms with Gasteiger partial charge in [0.05, 0.1) is 17.9 Å². The lowest BCUT2D eigenvalue weighted by atomic mass is 10.0. The van der Waals surface area contributed by atoms with Gasteiger partial charge in [0.1, 0.15) is 16.9 Å². The van der Waals surface area contributed by atoms with Gasteiger partial charge in [-0.1, -0.05) is 0 Å². The van der Waals surface area contributed by atoms with Gasteiger partial charge in [-0.3, -0.25) is 4.79 Å². The van der Waals surface area contributed by atoms with E-state index in [0.717, 1.165) is 0 Å². The first-order valence-corrected chi connectivity index (χ1v) is 7.37. The smallest absolute Gasteiger partial charge is 0.203 e. The van der Waals surface area contributed by atoms with Crippen LogP contribution in [0.5, 0.6) is 11.6 Å². The molecule has 0 aliphatic rings. The van der Waals surface area contributed by atoms with Gasteiger partial charge in [-0.25, -0.2) is 0 Å². The fourth-order valence-electron chi connectivity index (χ4n) is 3.05. The highest BCUT2D eigenvalue weighted by Gasteiger charge is 2.17. The van der Waals surface area contributed by atoms with Crippen LogP contribution in [0, 0.1) is 11.3 Å². The van der Waals surface area contributed by atoms with E-state index in [1.807, 2.05) is 6.07 Å². The lowest BCUT2D eigenvalue weighted by Gasteiger charge is -2.14. The van der Waals surface area contributed by atoms with E-state index in [4.69, 9.17) is 9.68 Å². The van der Waals surface area contributed by atoms with Crippen molar-refractivity contribution in [1.82, 2.24) is 4.57 Å². The van der Waals surface area contributed by atoms with E-state index in [1.54, 1.807) is 24.4 Å². The summed E-state index contributed by atoms with van der Waals surface area (Å²) in [5.41, 5.74) is 0.698. The minimum Gasteiger partial charge on any atom is -0.508 e. The van der Waals surface area contributed by atoms with E-state index < -0.39 is 0 Å². The number of fused-ring (bicyclic) bond motifs is 2. The molecule has 0 saturated carbocycles. The number of phenolic OH excluding ortho intramolecular Hbond substituents is 1. The third-order valence-corrected chi connectivity index (χ3v) is 4.12. The van der Waals surface area contributed by atoms with Gasteiger partial charge in [-0.2, -0.15) is 5.26 Å². The highest BCUT2D eigenvalue weighted by Crippen LogP contribution is 2.37. The molecule has 4 rings (SSSR count). The third-order valence-electron chi connectivity index (χ3n) is 4.12. The maximum Gasteiger partial charge on any atom is 0.203 e. The Kier molecular flexibility index (Phi) is 2.97. The SMILES string of the molecule is N#CCCn1cc2c3cc(O)ccc3oc3ccc(=O)c(c1O)c32. The summed E-state index contributed by atoms with van der Waals surface area (Å²) in [6, 6.07) is 9.67. The number of nitrogens with zero attached hydrogens (tertiary/aromatic N) is 2. The van der Waals surface area contributed by atoms with Gasteiger partial charge in [-0.05, 0) is 30.3 Å². The zero-order valence-electron chi connectivity index (χ0n) is 12.5. The zero-order valence-corrected chi connectivity index (χ0v) is 12.5. The molecule has 0 aliphatic heterocycles. The van der Waals surface area contributed by atoms with Crippen LogP contribution in [-0.2, 0) is 6.54 Å². The second kappa shape index (κ2) is 5.03. The standard InChI is InChI=1S/C18H12N2O4/c19-6-1-7-20-9-12-11-8-10(21)2-4-14(11)24-15-5-3-13(22)17(16(12)15)18(20)23/h2-5,8-9,21,23H,1,7H2. The molecular formula is C18H12N2O4. The molecule has 2 heterocycles. The summed E-state index contributed by atoms with van der Waals surface area (Å²) in [6.07, 6.45) is 1.87. The Morgan fingerprint density at radius 3 is 2.67 bits per heavy atom. The molecule has 0 radical (unpaired) electrons. The predicted molar refractivity (Wildman–Crippen MR) is 89.0 cm³/mol. The van der Waals surface area contributed by atoms with Crippen molar-refractivity contribution >= 4 is 32.7 Å². The van der Waals surface area contributed by atoms with Crippen LogP contribution >= 0.6 is 0 Å². The van der Waals surface area contributed by atoms with Crippen molar-refractivity contribution in [2.24, 2.45) is 0 Å². The van der Waals surface area contributed by atoms with E-state index >= 15 is 0 Å². The molecule has 2 aromatic heterocycles. The summed E-state index contributed by atoms with van der Waals surface area (Å²) < 4.78 is 7.29. The summed E-state index contributed by atoms with van der Waals surface area (Å²) in [4.78, 5) is 12.3. The molecular weight excluding hydrogens is 308 g/mol. The molecule has 118 valence electrons. The van der Waals surface area contributed by atoms with Gasteiger partial charge in [-0.15, -0.1) is 0 Å². The van der Waals surface area contributed by atoms with Crippen molar-refractivity contribution in [3.63, 3.8) is 0 Å². The van der Waals surface area contributed by atoms with Crippen LogP contribution < -0.4 is 5.43 Å². The average molecular weight is 320 g/mol. The van der Waals surface area contributed by atoms with Crippen molar-refractivity contribution in [1.29, 1.82) is 5.26 Å². The Labute approximate surface area is 135 Å². The number of hydrogen-bond acceptors (Lipinski definition) is 5. The number of pyridine rings is 1. The summed E-state index contributed by atoms with van der Waals surface area (Å²) in [6.45, 7) is 0.254. The Morgan fingerprint density at radius 2 is 1.88 bits per heavy atom.